The number of rotatable bonds is 14. The summed E-state index contributed by atoms with van der Waals surface area (Å²) in [5.41, 5.74) is 6.31. The van der Waals surface area contributed by atoms with Crippen LogP contribution in [0.4, 0.5) is 22.2 Å². The molecule has 1 aromatic carbocycles. The molecule has 3 rings (SSSR count). The van der Waals surface area contributed by atoms with E-state index >= 15 is 0 Å². The molecule has 0 bridgehead atoms. The summed E-state index contributed by atoms with van der Waals surface area (Å²) in [7, 11) is 0. The van der Waals surface area contributed by atoms with Crippen LogP contribution in [0.15, 0.2) is 24.3 Å². The Balaban J connectivity index is 1.53. The average Bonchev–Trinajstić information content (AvgIpc) is 3.28. The van der Waals surface area contributed by atoms with Crippen LogP contribution < -0.4 is 21.7 Å². The Kier molecular flexibility index (Phi) is 9.68. The van der Waals surface area contributed by atoms with Crippen molar-refractivity contribution in [2.75, 3.05) is 55.5 Å². The van der Waals surface area contributed by atoms with Gasteiger partial charge in [-0.25, -0.2) is 4.39 Å². The zero-order valence-electron chi connectivity index (χ0n) is 17.8. The number of hydrogen-bond donors (Lipinski definition) is 4. The first-order chi connectivity index (χ1) is 15.2. The Bertz CT molecular complexity index is 773. The van der Waals surface area contributed by atoms with E-state index < -0.39 is 0 Å². The molecule has 2 aromatic rings. The van der Waals surface area contributed by atoms with Crippen molar-refractivity contribution < 1.29 is 13.9 Å². The van der Waals surface area contributed by atoms with Gasteiger partial charge in [0.25, 0.3) is 0 Å². The molecule has 5 N–H and O–H groups in total. The monoisotopic (exact) mass is 433 g/mol. The molecule has 0 amide bonds. The van der Waals surface area contributed by atoms with E-state index in [0.717, 1.165) is 18.4 Å². The normalized spacial score (nSPS) is 14.0. The molecule has 0 radical (unpaired) electrons. The number of nitrogens with one attached hydrogen (secondary N) is 3. The standard InChI is InChI=1S/C21H32FN7O2/c22-17-7-5-16(6-8-17)15-25-20-27-19(24-10-12-31-14-13-30-11-9-23)28-21(29-20)26-18-3-1-2-4-18/h5-8,18H,1-4,9-15,23H2,(H3,24,25,26,27,28,29). The number of ether oxygens (including phenoxy) is 2. The molecule has 0 aliphatic heterocycles. The molecule has 1 aliphatic carbocycles. The lowest BCUT2D eigenvalue weighted by Crippen LogP contribution is -2.20. The van der Waals surface area contributed by atoms with Gasteiger partial charge in [-0.2, -0.15) is 15.0 Å². The summed E-state index contributed by atoms with van der Waals surface area (Å²) >= 11 is 0. The van der Waals surface area contributed by atoms with Crippen LogP contribution in [0.1, 0.15) is 31.2 Å². The van der Waals surface area contributed by atoms with Crippen LogP contribution in [0.3, 0.4) is 0 Å². The number of hydrogen-bond acceptors (Lipinski definition) is 9. The van der Waals surface area contributed by atoms with E-state index in [1.54, 1.807) is 12.1 Å². The summed E-state index contributed by atoms with van der Waals surface area (Å²) in [6.07, 6.45) is 4.67. The summed E-state index contributed by atoms with van der Waals surface area (Å²) in [6, 6.07) is 6.72. The Morgan fingerprint density at radius 1 is 0.871 bits per heavy atom. The fraction of sp³-hybridized carbons (Fsp3) is 0.571. The lowest BCUT2D eigenvalue weighted by molar-refractivity contribution is 0.0547. The molecule has 1 saturated carbocycles. The molecule has 0 unspecified atom stereocenters. The minimum atomic E-state index is -0.258. The molecule has 10 heteroatoms. The van der Waals surface area contributed by atoms with Crippen LogP contribution in [-0.2, 0) is 16.0 Å². The summed E-state index contributed by atoms with van der Waals surface area (Å²) in [5.74, 6) is 1.22. The second-order valence-electron chi connectivity index (χ2n) is 7.35. The SMILES string of the molecule is NCCOCCOCCNc1nc(NCc2ccc(F)cc2)nc(NC2CCCC2)n1. The predicted octanol–water partition coefficient (Wildman–Crippen LogP) is 2.38. The average molecular weight is 434 g/mol. The molecule has 9 nitrogen and oxygen atoms in total. The number of nitrogens with two attached hydrogens (primary N) is 1. The van der Waals surface area contributed by atoms with Crippen LogP contribution in [0.5, 0.6) is 0 Å². The fourth-order valence-electron chi connectivity index (χ4n) is 3.28. The van der Waals surface area contributed by atoms with E-state index in [2.05, 4.69) is 30.9 Å². The number of aromatic nitrogens is 3. The van der Waals surface area contributed by atoms with Crippen molar-refractivity contribution in [3.05, 3.63) is 35.6 Å². The van der Waals surface area contributed by atoms with Gasteiger partial charge in [-0.3, -0.25) is 0 Å². The van der Waals surface area contributed by atoms with Gasteiger partial charge in [0.05, 0.1) is 26.4 Å². The third kappa shape index (κ3) is 8.60. The first-order valence-corrected chi connectivity index (χ1v) is 10.8. The molecule has 1 fully saturated rings. The number of benzene rings is 1. The molecule has 31 heavy (non-hydrogen) atoms. The molecule has 0 spiro atoms. The highest BCUT2D eigenvalue weighted by Crippen LogP contribution is 2.21. The second-order valence-corrected chi connectivity index (χ2v) is 7.35. The van der Waals surface area contributed by atoms with Crippen LogP contribution in [0.2, 0.25) is 0 Å². The first-order valence-electron chi connectivity index (χ1n) is 10.8. The highest BCUT2D eigenvalue weighted by molar-refractivity contribution is 5.43. The van der Waals surface area contributed by atoms with Crippen molar-refractivity contribution in [3.8, 4) is 0 Å². The Labute approximate surface area is 182 Å². The van der Waals surface area contributed by atoms with E-state index in [0.29, 0.717) is 69.9 Å². The van der Waals surface area contributed by atoms with Gasteiger partial charge < -0.3 is 31.2 Å². The van der Waals surface area contributed by atoms with E-state index in [9.17, 15) is 4.39 Å². The number of halogens is 1. The van der Waals surface area contributed by atoms with Gasteiger partial charge in [0, 0.05) is 25.7 Å². The van der Waals surface area contributed by atoms with Gasteiger partial charge in [-0.15, -0.1) is 0 Å². The molecule has 0 atom stereocenters. The number of nitrogens with zero attached hydrogens (tertiary/aromatic N) is 3. The first kappa shape index (κ1) is 23.1. The summed E-state index contributed by atoms with van der Waals surface area (Å²) in [6.45, 7) is 3.63. The van der Waals surface area contributed by atoms with Crippen molar-refractivity contribution in [2.24, 2.45) is 5.73 Å². The third-order valence-corrected chi connectivity index (χ3v) is 4.85. The summed E-state index contributed by atoms with van der Waals surface area (Å²) in [5, 5.41) is 9.78. The smallest absolute Gasteiger partial charge is 0.229 e. The molecule has 170 valence electrons. The van der Waals surface area contributed by atoms with Crippen molar-refractivity contribution >= 4 is 17.8 Å². The van der Waals surface area contributed by atoms with Gasteiger partial charge >= 0.3 is 0 Å². The maximum Gasteiger partial charge on any atom is 0.229 e. The van der Waals surface area contributed by atoms with Crippen molar-refractivity contribution in [2.45, 2.75) is 38.3 Å². The molecule has 1 aromatic heterocycles. The summed E-state index contributed by atoms with van der Waals surface area (Å²) < 4.78 is 23.9. The Morgan fingerprint density at radius 3 is 2.23 bits per heavy atom. The van der Waals surface area contributed by atoms with E-state index in [1.807, 2.05) is 0 Å². The molecule has 0 saturated heterocycles. The fourth-order valence-corrected chi connectivity index (χ4v) is 3.28. The predicted molar refractivity (Wildman–Crippen MR) is 119 cm³/mol. The van der Waals surface area contributed by atoms with Crippen LogP contribution in [-0.4, -0.2) is 60.5 Å². The lowest BCUT2D eigenvalue weighted by atomic mass is 10.2. The van der Waals surface area contributed by atoms with Gasteiger partial charge in [-0.05, 0) is 30.5 Å². The number of anilines is 3. The highest BCUT2D eigenvalue weighted by Gasteiger charge is 2.17. The minimum absolute atomic E-state index is 0.258. The highest BCUT2D eigenvalue weighted by atomic mass is 19.1. The van der Waals surface area contributed by atoms with Crippen LogP contribution in [0.25, 0.3) is 0 Å². The summed E-state index contributed by atoms with van der Waals surface area (Å²) in [4.78, 5) is 13.4. The largest absolute Gasteiger partial charge is 0.378 e. The van der Waals surface area contributed by atoms with E-state index in [4.69, 9.17) is 15.2 Å². The van der Waals surface area contributed by atoms with Crippen molar-refractivity contribution in [1.82, 2.24) is 15.0 Å². The Morgan fingerprint density at radius 2 is 1.52 bits per heavy atom. The topological polar surface area (TPSA) is 119 Å². The minimum Gasteiger partial charge on any atom is -0.378 e. The van der Waals surface area contributed by atoms with Gasteiger partial charge in [0.2, 0.25) is 17.8 Å². The van der Waals surface area contributed by atoms with E-state index in [1.165, 1.54) is 25.0 Å². The molecular formula is C21H32FN7O2. The quantitative estimate of drug-likeness (QED) is 0.333. The van der Waals surface area contributed by atoms with Crippen molar-refractivity contribution in [1.29, 1.82) is 0 Å². The second kappa shape index (κ2) is 13.0. The van der Waals surface area contributed by atoms with Gasteiger partial charge in [0.15, 0.2) is 0 Å². The third-order valence-electron chi connectivity index (χ3n) is 4.85. The maximum atomic E-state index is 13.1. The van der Waals surface area contributed by atoms with E-state index in [-0.39, 0.29) is 5.82 Å². The zero-order chi connectivity index (χ0) is 21.7. The molecule has 1 aliphatic rings. The molecular weight excluding hydrogens is 401 g/mol. The van der Waals surface area contributed by atoms with Gasteiger partial charge in [0.1, 0.15) is 5.82 Å². The molecule has 1 heterocycles. The van der Waals surface area contributed by atoms with Gasteiger partial charge in [-0.1, -0.05) is 25.0 Å². The lowest BCUT2D eigenvalue weighted by Gasteiger charge is -2.14. The Hall–Kier alpha value is -2.56. The van der Waals surface area contributed by atoms with Crippen LogP contribution in [0, 0.1) is 5.82 Å². The zero-order valence-corrected chi connectivity index (χ0v) is 17.8. The van der Waals surface area contributed by atoms with Crippen LogP contribution >= 0.6 is 0 Å². The van der Waals surface area contributed by atoms with Crippen molar-refractivity contribution in [3.63, 3.8) is 0 Å². The maximum absolute atomic E-state index is 13.1.